The van der Waals surface area contributed by atoms with Crippen molar-refractivity contribution >= 4 is 27.3 Å². The van der Waals surface area contributed by atoms with Gasteiger partial charge in [-0.15, -0.1) is 11.3 Å². The lowest BCUT2D eigenvalue weighted by Gasteiger charge is -2.05. The molecule has 0 aliphatic rings. The van der Waals surface area contributed by atoms with Crippen molar-refractivity contribution in [3.8, 4) is 0 Å². The first-order valence-corrected chi connectivity index (χ1v) is 5.47. The zero-order chi connectivity index (χ0) is 9.14. The molecule has 4 N–H and O–H groups in total. The summed E-state index contributed by atoms with van der Waals surface area (Å²) in [5.41, 5.74) is 12.6. The molecule has 1 heterocycles. The monoisotopic (exact) mass is 248 g/mol. The van der Waals surface area contributed by atoms with Crippen molar-refractivity contribution in [3.63, 3.8) is 0 Å². The van der Waals surface area contributed by atoms with Crippen LogP contribution in [-0.2, 0) is 0 Å². The summed E-state index contributed by atoms with van der Waals surface area (Å²) < 4.78 is 1.17. The van der Waals surface area contributed by atoms with Crippen molar-refractivity contribution in [2.45, 2.75) is 19.4 Å². The molecule has 0 radical (unpaired) electrons. The number of hydrogen-bond donors (Lipinski definition) is 2. The van der Waals surface area contributed by atoms with Gasteiger partial charge < -0.3 is 11.5 Å². The molecule has 0 aliphatic carbocycles. The highest BCUT2D eigenvalue weighted by Gasteiger charge is 2.09. The predicted molar refractivity (Wildman–Crippen MR) is 57.4 cm³/mol. The highest BCUT2D eigenvalue weighted by molar-refractivity contribution is 9.11. The Morgan fingerprint density at radius 3 is 2.75 bits per heavy atom. The molecule has 0 aliphatic heterocycles. The maximum absolute atomic E-state index is 5.90. The van der Waals surface area contributed by atoms with Crippen molar-refractivity contribution in [2.75, 3.05) is 6.54 Å². The normalized spacial score (nSPS) is 13.3. The Labute approximate surface area is 85.1 Å². The molecule has 2 nitrogen and oxygen atoms in total. The Kier molecular flexibility index (Phi) is 3.71. The van der Waals surface area contributed by atoms with Crippen molar-refractivity contribution in [1.29, 1.82) is 0 Å². The third-order valence-electron chi connectivity index (χ3n) is 1.72. The van der Waals surface area contributed by atoms with Crippen molar-refractivity contribution in [3.05, 3.63) is 20.3 Å². The molecule has 0 spiro atoms. The minimum absolute atomic E-state index is 0.102. The van der Waals surface area contributed by atoms with Gasteiger partial charge in [0.05, 0.1) is 3.79 Å². The molecular formula is C8H13BrN2S. The first-order chi connectivity index (χ1) is 5.65. The number of thiophene rings is 1. The molecule has 68 valence electrons. The molecule has 0 fully saturated rings. The highest BCUT2D eigenvalue weighted by Crippen LogP contribution is 2.31. The van der Waals surface area contributed by atoms with Crippen LogP contribution in [-0.4, -0.2) is 6.54 Å². The second-order valence-electron chi connectivity index (χ2n) is 2.79. The molecule has 1 aromatic heterocycles. The van der Waals surface area contributed by atoms with E-state index in [9.17, 15) is 0 Å². The molecule has 0 aromatic carbocycles. The molecule has 0 unspecified atom stereocenters. The number of rotatable bonds is 3. The zero-order valence-corrected chi connectivity index (χ0v) is 9.41. The van der Waals surface area contributed by atoms with Crippen LogP contribution in [0.3, 0.4) is 0 Å². The maximum atomic E-state index is 5.90. The molecule has 0 amide bonds. The van der Waals surface area contributed by atoms with E-state index in [1.807, 2.05) is 0 Å². The summed E-state index contributed by atoms with van der Waals surface area (Å²) in [6.45, 7) is 2.72. The molecule has 0 bridgehead atoms. The second-order valence-corrected chi connectivity index (χ2v) is 5.19. The van der Waals surface area contributed by atoms with Gasteiger partial charge in [-0.3, -0.25) is 0 Å². The molecule has 1 aromatic rings. The summed E-state index contributed by atoms with van der Waals surface area (Å²) in [4.78, 5) is 1.21. The Morgan fingerprint density at radius 1 is 1.67 bits per heavy atom. The summed E-state index contributed by atoms with van der Waals surface area (Å²) in [5.74, 6) is 0. The highest BCUT2D eigenvalue weighted by atomic mass is 79.9. The standard InChI is InChI=1S/C8H13BrN2S/c1-5-4-7(12-8(5)9)6(11)2-3-10/h4,6H,2-3,10-11H2,1H3/t6-/m0/s1. The minimum atomic E-state index is 0.102. The van der Waals surface area contributed by atoms with Gasteiger partial charge in [0.25, 0.3) is 0 Å². The number of halogens is 1. The molecule has 1 atom stereocenters. The third kappa shape index (κ3) is 2.29. The van der Waals surface area contributed by atoms with E-state index in [4.69, 9.17) is 11.5 Å². The van der Waals surface area contributed by atoms with Crippen LogP contribution < -0.4 is 11.5 Å². The average molecular weight is 249 g/mol. The SMILES string of the molecule is Cc1cc([C@@H](N)CCN)sc1Br. The van der Waals surface area contributed by atoms with Gasteiger partial charge in [0.1, 0.15) is 0 Å². The molecule has 12 heavy (non-hydrogen) atoms. The molecule has 1 rings (SSSR count). The van der Waals surface area contributed by atoms with E-state index < -0.39 is 0 Å². The fraction of sp³-hybridized carbons (Fsp3) is 0.500. The zero-order valence-electron chi connectivity index (χ0n) is 7.01. The Morgan fingerprint density at radius 2 is 2.33 bits per heavy atom. The van der Waals surface area contributed by atoms with E-state index in [0.29, 0.717) is 6.54 Å². The van der Waals surface area contributed by atoms with Gasteiger partial charge in [0, 0.05) is 10.9 Å². The summed E-state index contributed by atoms with van der Waals surface area (Å²) in [7, 11) is 0. The molecular weight excluding hydrogens is 236 g/mol. The van der Waals surface area contributed by atoms with Gasteiger partial charge in [0.15, 0.2) is 0 Å². The summed E-state index contributed by atoms with van der Waals surface area (Å²) in [6, 6.07) is 2.22. The van der Waals surface area contributed by atoms with Crippen molar-refractivity contribution in [2.24, 2.45) is 11.5 Å². The van der Waals surface area contributed by atoms with Crippen molar-refractivity contribution < 1.29 is 0 Å². The van der Waals surface area contributed by atoms with Crippen LogP contribution in [0.2, 0.25) is 0 Å². The largest absolute Gasteiger partial charge is 0.330 e. The molecule has 4 heteroatoms. The second kappa shape index (κ2) is 4.37. The lowest BCUT2D eigenvalue weighted by molar-refractivity contribution is 0.672. The first-order valence-electron chi connectivity index (χ1n) is 3.86. The summed E-state index contributed by atoms with van der Waals surface area (Å²) in [6.07, 6.45) is 0.854. The maximum Gasteiger partial charge on any atom is 0.0731 e. The van der Waals surface area contributed by atoms with Crippen LogP contribution in [0.1, 0.15) is 22.9 Å². The van der Waals surface area contributed by atoms with Crippen molar-refractivity contribution in [1.82, 2.24) is 0 Å². The first kappa shape index (κ1) is 10.2. The van der Waals surface area contributed by atoms with E-state index >= 15 is 0 Å². The van der Waals surface area contributed by atoms with Crippen LogP contribution in [0.15, 0.2) is 9.85 Å². The number of hydrogen-bond acceptors (Lipinski definition) is 3. The smallest absolute Gasteiger partial charge is 0.0731 e. The van der Waals surface area contributed by atoms with Gasteiger partial charge in [-0.25, -0.2) is 0 Å². The number of nitrogens with two attached hydrogens (primary N) is 2. The molecule has 0 saturated carbocycles. The Bertz CT molecular complexity index is 240. The van der Waals surface area contributed by atoms with Gasteiger partial charge in [-0.2, -0.15) is 0 Å². The lowest BCUT2D eigenvalue weighted by Crippen LogP contribution is -2.13. The topological polar surface area (TPSA) is 52.0 Å². The quantitative estimate of drug-likeness (QED) is 0.862. The van der Waals surface area contributed by atoms with Gasteiger partial charge in [-0.1, -0.05) is 0 Å². The average Bonchev–Trinajstić information content (AvgIpc) is 2.33. The fourth-order valence-corrected chi connectivity index (χ4v) is 2.60. The summed E-state index contributed by atoms with van der Waals surface area (Å²) in [5, 5.41) is 0. The van der Waals surface area contributed by atoms with E-state index in [1.54, 1.807) is 11.3 Å². The number of aryl methyl sites for hydroxylation is 1. The van der Waals surface area contributed by atoms with Crippen LogP contribution in [0.5, 0.6) is 0 Å². The predicted octanol–water partition coefficient (Wildman–Crippen LogP) is 2.17. The van der Waals surface area contributed by atoms with Crippen LogP contribution in [0.4, 0.5) is 0 Å². The Hall–Kier alpha value is 0.100. The minimum Gasteiger partial charge on any atom is -0.330 e. The Balaban J connectivity index is 2.74. The van der Waals surface area contributed by atoms with E-state index in [1.165, 1.54) is 14.2 Å². The van der Waals surface area contributed by atoms with Crippen LogP contribution in [0.25, 0.3) is 0 Å². The van der Waals surface area contributed by atoms with E-state index in [-0.39, 0.29) is 6.04 Å². The van der Waals surface area contributed by atoms with E-state index in [0.717, 1.165) is 6.42 Å². The fourth-order valence-electron chi connectivity index (χ4n) is 0.988. The van der Waals surface area contributed by atoms with Crippen LogP contribution >= 0.6 is 27.3 Å². The summed E-state index contributed by atoms with van der Waals surface area (Å²) >= 11 is 5.17. The van der Waals surface area contributed by atoms with Gasteiger partial charge >= 0.3 is 0 Å². The van der Waals surface area contributed by atoms with E-state index in [2.05, 4.69) is 28.9 Å². The lowest BCUT2D eigenvalue weighted by atomic mass is 10.2. The van der Waals surface area contributed by atoms with Crippen LogP contribution in [0, 0.1) is 6.92 Å². The molecule has 0 saturated heterocycles. The third-order valence-corrected chi connectivity index (χ3v) is 3.99. The van der Waals surface area contributed by atoms with Gasteiger partial charge in [0.2, 0.25) is 0 Å². The van der Waals surface area contributed by atoms with Gasteiger partial charge in [-0.05, 0) is 47.4 Å².